The molecular weight excluding hydrogens is 498 g/mol. The maximum absolute atomic E-state index is 13.7. The van der Waals surface area contributed by atoms with E-state index in [1.165, 1.54) is 31.2 Å². The van der Waals surface area contributed by atoms with Crippen LogP contribution in [0.25, 0.3) is 10.6 Å². The zero-order valence-corrected chi connectivity index (χ0v) is 21.0. The van der Waals surface area contributed by atoms with Gasteiger partial charge in [-0.1, -0.05) is 56.4 Å². The average Bonchev–Trinajstić information content (AvgIpc) is 3.22. The highest BCUT2D eigenvalue weighted by Crippen LogP contribution is 2.41. The van der Waals surface area contributed by atoms with Crippen molar-refractivity contribution >= 4 is 30.9 Å². The molecule has 0 aliphatic carbocycles. The highest BCUT2D eigenvalue weighted by Gasteiger charge is 2.35. The van der Waals surface area contributed by atoms with Crippen molar-refractivity contribution in [3.63, 3.8) is 0 Å². The van der Waals surface area contributed by atoms with Gasteiger partial charge in [0.15, 0.2) is 0 Å². The highest BCUT2D eigenvalue weighted by atomic mass is 32.2. The van der Waals surface area contributed by atoms with Gasteiger partial charge in [-0.25, -0.2) is 4.57 Å². The molecule has 0 radical (unpaired) electrons. The SMILES string of the molecule is CCCCCCCCSc1ccc(-c2nnc([C@@](C)(N)COP(=O)(O)O)s2)cc1C(F)(F)F. The summed E-state index contributed by atoms with van der Waals surface area (Å²) in [4.78, 5) is 17.9. The summed E-state index contributed by atoms with van der Waals surface area (Å²) in [6.45, 7) is 3.04. The number of nitrogens with two attached hydrogens (primary N) is 1. The van der Waals surface area contributed by atoms with Crippen LogP contribution in [0.1, 0.15) is 62.9 Å². The molecule has 186 valence electrons. The Morgan fingerprint density at radius 2 is 1.82 bits per heavy atom. The Morgan fingerprint density at radius 3 is 2.45 bits per heavy atom. The maximum atomic E-state index is 13.7. The van der Waals surface area contributed by atoms with E-state index in [4.69, 9.17) is 15.5 Å². The van der Waals surface area contributed by atoms with Crippen LogP contribution in [0.2, 0.25) is 0 Å². The van der Waals surface area contributed by atoms with Gasteiger partial charge in [0.1, 0.15) is 10.0 Å². The molecule has 4 N–H and O–H groups in total. The Kier molecular flexibility index (Phi) is 10.4. The third-order valence-electron chi connectivity index (χ3n) is 4.73. The van der Waals surface area contributed by atoms with Gasteiger partial charge in [0.25, 0.3) is 0 Å². The standard InChI is InChI=1S/C20H29F3N3O4PS2/c1-3-4-5-6-7-8-11-32-16-10-9-14(12-15(16)20(21,22)23)17-25-26-18(33-17)19(2,24)13-30-31(27,28)29/h9-10,12H,3-8,11,13,24H2,1-2H3,(H2,27,28,29)/t19-/m0/s1. The summed E-state index contributed by atoms with van der Waals surface area (Å²) >= 11 is 2.14. The molecule has 2 rings (SSSR count). The van der Waals surface area contributed by atoms with Crippen LogP contribution in [0.4, 0.5) is 13.2 Å². The van der Waals surface area contributed by atoms with Crippen molar-refractivity contribution in [2.24, 2.45) is 5.73 Å². The first kappa shape index (κ1) is 28.2. The fourth-order valence-corrected chi connectivity index (χ4v) is 5.31. The number of phosphoric acid groups is 1. The molecule has 2 aromatic rings. The van der Waals surface area contributed by atoms with Crippen molar-refractivity contribution in [3.05, 3.63) is 28.8 Å². The molecular formula is C20H29F3N3O4PS2. The Labute approximate surface area is 199 Å². The van der Waals surface area contributed by atoms with E-state index in [1.807, 2.05) is 0 Å². The Hall–Kier alpha value is -1.01. The smallest absolute Gasteiger partial charge is 0.318 e. The number of hydrogen-bond donors (Lipinski definition) is 3. The van der Waals surface area contributed by atoms with Gasteiger partial charge >= 0.3 is 14.0 Å². The van der Waals surface area contributed by atoms with E-state index in [2.05, 4.69) is 21.6 Å². The van der Waals surface area contributed by atoms with Crippen molar-refractivity contribution in [3.8, 4) is 10.6 Å². The number of nitrogens with zero attached hydrogens (tertiary/aromatic N) is 2. The monoisotopic (exact) mass is 527 g/mol. The molecule has 7 nitrogen and oxygen atoms in total. The first-order chi connectivity index (χ1) is 15.3. The number of alkyl halides is 3. The van der Waals surface area contributed by atoms with E-state index < -0.39 is 31.7 Å². The minimum atomic E-state index is -4.73. The first-order valence-electron chi connectivity index (χ1n) is 10.5. The first-order valence-corrected chi connectivity index (χ1v) is 13.8. The second kappa shape index (κ2) is 12.1. The van der Waals surface area contributed by atoms with E-state index in [-0.39, 0.29) is 20.5 Å². The number of phosphoric ester groups is 1. The van der Waals surface area contributed by atoms with Crippen LogP contribution in [0.3, 0.4) is 0 Å². The second-order valence-corrected chi connectivity index (χ2v) is 11.3. The van der Waals surface area contributed by atoms with Crippen LogP contribution in [-0.4, -0.2) is 32.3 Å². The molecule has 1 atom stereocenters. The number of rotatable bonds is 13. The lowest BCUT2D eigenvalue weighted by Crippen LogP contribution is -2.37. The lowest BCUT2D eigenvalue weighted by atomic mass is 10.1. The zero-order chi connectivity index (χ0) is 24.7. The van der Waals surface area contributed by atoms with E-state index in [0.29, 0.717) is 5.75 Å². The van der Waals surface area contributed by atoms with Gasteiger partial charge in [0.05, 0.1) is 17.7 Å². The van der Waals surface area contributed by atoms with Crippen LogP contribution >= 0.6 is 30.9 Å². The molecule has 0 fully saturated rings. The van der Waals surface area contributed by atoms with Crippen molar-refractivity contribution < 1.29 is 32.0 Å². The number of unbranched alkanes of at least 4 members (excludes halogenated alkanes) is 5. The van der Waals surface area contributed by atoms with Crippen molar-refractivity contribution in [1.82, 2.24) is 10.2 Å². The van der Waals surface area contributed by atoms with Gasteiger partial charge in [-0.3, -0.25) is 4.52 Å². The minimum absolute atomic E-state index is 0.170. The predicted octanol–water partition coefficient (Wildman–Crippen LogP) is 5.96. The van der Waals surface area contributed by atoms with Crippen LogP contribution < -0.4 is 5.73 Å². The molecule has 0 unspecified atom stereocenters. The maximum Gasteiger partial charge on any atom is 0.469 e. The largest absolute Gasteiger partial charge is 0.469 e. The van der Waals surface area contributed by atoms with Gasteiger partial charge < -0.3 is 15.5 Å². The summed E-state index contributed by atoms with van der Waals surface area (Å²) in [5.41, 5.74) is 4.15. The number of thioether (sulfide) groups is 1. The van der Waals surface area contributed by atoms with E-state index >= 15 is 0 Å². The van der Waals surface area contributed by atoms with Gasteiger partial charge in [-0.2, -0.15) is 13.2 Å². The van der Waals surface area contributed by atoms with Crippen LogP contribution in [0.5, 0.6) is 0 Å². The molecule has 0 spiro atoms. The molecule has 0 amide bonds. The zero-order valence-electron chi connectivity index (χ0n) is 18.5. The molecule has 0 saturated heterocycles. The molecule has 1 aromatic carbocycles. The minimum Gasteiger partial charge on any atom is -0.318 e. The van der Waals surface area contributed by atoms with Crippen LogP contribution in [0.15, 0.2) is 23.1 Å². The molecule has 33 heavy (non-hydrogen) atoms. The van der Waals surface area contributed by atoms with Gasteiger partial charge in [0, 0.05) is 10.5 Å². The quantitative estimate of drug-likeness (QED) is 0.166. The van der Waals surface area contributed by atoms with Gasteiger partial charge in [-0.05, 0) is 31.2 Å². The summed E-state index contributed by atoms with van der Waals surface area (Å²) in [6.07, 6.45) is 1.92. The Bertz CT molecular complexity index is 951. The molecule has 13 heteroatoms. The molecule has 0 aliphatic rings. The van der Waals surface area contributed by atoms with E-state index in [9.17, 15) is 17.7 Å². The number of aromatic nitrogens is 2. The summed E-state index contributed by atoms with van der Waals surface area (Å²) in [5, 5.41) is 8.22. The number of halogens is 3. The van der Waals surface area contributed by atoms with Crippen LogP contribution in [0, 0.1) is 0 Å². The molecule has 1 heterocycles. The van der Waals surface area contributed by atoms with Crippen molar-refractivity contribution in [2.75, 3.05) is 12.4 Å². The van der Waals surface area contributed by atoms with Crippen molar-refractivity contribution in [1.29, 1.82) is 0 Å². The summed E-state index contributed by atoms with van der Waals surface area (Å²) in [6, 6.07) is 4.05. The molecule has 0 aliphatic heterocycles. The Balaban J connectivity index is 2.13. The molecule has 0 bridgehead atoms. The highest BCUT2D eigenvalue weighted by molar-refractivity contribution is 7.99. The number of benzene rings is 1. The third-order valence-corrected chi connectivity index (χ3v) is 7.61. The fraction of sp³-hybridized carbons (Fsp3) is 0.600. The lowest BCUT2D eigenvalue weighted by molar-refractivity contribution is -0.139. The van der Waals surface area contributed by atoms with E-state index in [1.54, 1.807) is 6.07 Å². The topological polar surface area (TPSA) is 119 Å². The molecule has 0 saturated carbocycles. The number of hydrogen-bond acceptors (Lipinski definition) is 7. The summed E-state index contributed by atoms with van der Waals surface area (Å²) in [5.74, 6) is 0.614. The molecule has 1 aromatic heterocycles. The lowest BCUT2D eigenvalue weighted by Gasteiger charge is -2.21. The summed E-state index contributed by atoms with van der Waals surface area (Å²) < 4.78 is 56.5. The Morgan fingerprint density at radius 1 is 1.15 bits per heavy atom. The average molecular weight is 528 g/mol. The second-order valence-electron chi connectivity index (χ2n) is 7.92. The normalized spacial score (nSPS) is 14.4. The van der Waals surface area contributed by atoms with Crippen LogP contribution in [-0.2, 0) is 20.8 Å². The third kappa shape index (κ3) is 9.28. The summed E-state index contributed by atoms with van der Waals surface area (Å²) in [7, 11) is -4.73. The van der Waals surface area contributed by atoms with E-state index in [0.717, 1.165) is 49.5 Å². The predicted molar refractivity (Wildman–Crippen MR) is 124 cm³/mol. The van der Waals surface area contributed by atoms with Crippen molar-refractivity contribution in [2.45, 2.75) is 69.0 Å². The van der Waals surface area contributed by atoms with Gasteiger partial charge in [-0.15, -0.1) is 22.0 Å². The fourth-order valence-electron chi connectivity index (χ4n) is 2.93. The van der Waals surface area contributed by atoms with Gasteiger partial charge in [0.2, 0.25) is 0 Å².